The Balaban J connectivity index is 2.27. The summed E-state index contributed by atoms with van der Waals surface area (Å²) in [6, 6.07) is 4.43. The fourth-order valence-electron chi connectivity index (χ4n) is 1.61. The van der Waals surface area contributed by atoms with E-state index in [1.807, 2.05) is 0 Å². The van der Waals surface area contributed by atoms with Gasteiger partial charge in [0.2, 0.25) is 0 Å². The molecule has 2 rings (SSSR count). The molecule has 0 saturated carbocycles. The highest BCUT2D eigenvalue weighted by Crippen LogP contribution is 2.30. The van der Waals surface area contributed by atoms with Gasteiger partial charge in [-0.05, 0) is 36.1 Å². The first kappa shape index (κ1) is 13.1. The van der Waals surface area contributed by atoms with Gasteiger partial charge >= 0.3 is 6.36 Å². The molecule has 3 nitrogen and oxygen atoms in total. The number of alkyl halides is 3. The van der Waals surface area contributed by atoms with Crippen molar-refractivity contribution >= 4 is 17.5 Å². The van der Waals surface area contributed by atoms with E-state index in [9.17, 15) is 13.2 Å². The molecule has 7 heteroatoms. The topological polar surface area (TPSA) is 47.3 Å². The van der Waals surface area contributed by atoms with Crippen molar-refractivity contribution in [2.24, 2.45) is 5.73 Å². The lowest BCUT2D eigenvalue weighted by molar-refractivity contribution is -0.274. The Labute approximate surface area is 106 Å². The van der Waals surface area contributed by atoms with E-state index in [-0.39, 0.29) is 11.2 Å². The maximum atomic E-state index is 12.2. The van der Waals surface area contributed by atoms with Crippen molar-refractivity contribution in [2.75, 3.05) is 0 Å². The molecule has 1 aliphatic rings. The molecule has 3 N–H and O–H groups in total. The minimum Gasteiger partial charge on any atom is -0.406 e. The summed E-state index contributed by atoms with van der Waals surface area (Å²) in [6.45, 7) is 1.70. The number of nitrogens with one attached hydrogen (secondary N) is 1. The number of aryl methyl sites for hydroxylation is 1. The van der Waals surface area contributed by atoms with Gasteiger partial charge in [0.1, 0.15) is 11.2 Å². The summed E-state index contributed by atoms with van der Waals surface area (Å²) in [4.78, 5) is 0. The lowest BCUT2D eigenvalue weighted by atomic mass is 10.1. The fourth-order valence-corrected chi connectivity index (χ4v) is 2.29. The first-order valence-electron chi connectivity index (χ1n) is 5.09. The normalized spacial score (nSPS) is 19.4. The molecule has 1 unspecified atom stereocenters. The van der Waals surface area contributed by atoms with Gasteiger partial charge in [0, 0.05) is 11.3 Å². The summed E-state index contributed by atoms with van der Waals surface area (Å²) in [7, 11) is 0. The van der Waals surface area contributed by atoms with E-state index in [2.05, 4.69) is 10.1 Å². The smallest absolute Gasteiger partial charge is 0.406 e. The highest BCUT2D eigenvalue weighted by Gasteiger charge is 2.31. The van der Waals surface area contributed by atoms with Crippen molar-refractivity contribution in [1.29, 1.82) is 0 Å². The van der Waals surface area contributed by atoms with Gasteiger partial charge in [0.15, 0.2) is 0 Å². The SMILES string of the molecule is Cc1cc(OC(F)(F)F)cc(C2=CSC(N)N2)c1. The Morgan fingerprint density at radius 3 is 2.61 bits per heavy atom. The first-order chi connectivity index (χ1) is 8.33. The Kier molecular flexibility index (Phi) is 3.45. The fraction of sp³-hybridized carbons (Fsp3) is 0.273. The third kappa shape index (κ3) is 3.33. The summed E-state index contributed by atoms with van der Waals surface area (Å²) in [5, 5.41) is 4.73. The minimum absolute atomic E-state index is 0.231. The van der Waals surface area contributed by atoms with Gasteiger partial charge in [0.05, 0.1) is 0 Å². The second-order valence-corrected chi connectivity index (χ2v) is 4.83. The number of ether oxygens (including phenoxy) is 1. The van der Waals surface area contributed by atoms with Crippen LogP contribution in [0.4, 0.5) is 13.2 Å². The van der Waals surface area contributed by atoms with Crippen LogP contribution < -0.4 is 15.8 Å². The van der Waals surface area contributed by atoms with Crippen LogP contribution >= 0.6 is 11.8 Å². The molecule has 98 valence electrons. The number of rotatable bonds is 2. The number of hydrogen-bond acceptors (Lipinski definition) is 4. The molecule has 0 aliphatic carbocycles. The zero-order chi connectivity index (χ0) is 13.3. The predicted molar refractivity (Wildman–Crippen MR) is 64.5 cm³/mol. The van der Waals surface area contributed by atoms with Crippen molar-refractivity contribution in [2.45, 2.75) is 18.8 Å². The first-order valence-corrected chi connectivity index (χ1v) is 6.03. The molecule has 0 saturated heterocycles. The van der Waals surface area contributed by atoms with E-state index in [0.717, 1.165) is 0 Å². The average Bonchev–Trinajstić information content (AvgIpc) is 2.61. The van der Waals surface area contributed by atoms with E-state index in [1.54, 1.807) is 18.4 Å². The van der Waals surface area contributed by atoms with Crippen LogP contribution in [0.2, 0.25) is 0 Å². The molecule has 1 atom stereocenters. The van der Waals surface area contributed by atoms with Crippen molar-refractivity contribution in [3.63, 3.8) is 0 Å². The van der Waals surface area contributed by atoms with E-state index in [0.29, 0.717) is 16.8 Å². The molecule has 0 spiro atoms. The highest BCUT2D eigenvalue weighted by atomic mass is 32.2. The van der Waals surface area contributed by atoms with Crippen LogP contribution in [0.5, 0.6) is 5.75 Å². The maximum Gasteiger partial charge on any atom is 0.573 e. The summed E-state index contributed by atoms with van der Waals surface area (Å²) in [5.74, 6) is -0.231. The molecule has 1 aromatic rings. The van der Waals surface area contributed by atoms with Crippen LogP contribution in [-0.4, -0.2) is 11.9 Å². The van der Waals surface area contributed by atoms with Crippen LogP contribution in [-0.2, 0) is 0 Å². The molecular formula is C11H11F3N2OS. The van der Waals surface area contributed by atoms with E-state index in [1.165, 1.54) is 23.9 Å². The number of thioether (sulfide) groups is 1. The Bertz CT molecular complexity index is 488. The highest BCUT2D eigenvalue weighted by molar-refractivity contribution is 8.03. The largest absolute Gasteiger partial charge is 0.573 e. The molecule has 0 amide bonds. The van der Waals surface area contributed by atoms with Crippen molar-refractivity contribution in [1.82, 2.24) is 5.32 Å². The quantitative estimate of drug-likeness (QED) is 0.872. The Hall–Kier alpha value is -1.34. The minimum atomic E-state index is -4.69. The van der Waals surface area contributed by atoms with Crippen LogP contribution in [0, 0.1) is 6.92 Å². The van der Waals surface area contributed by atoms with Gasteiger partial charge in [-0.1, -0.05) is 11.8 Å². The zero-order valence-electron chi connectivity index (χ0n) is 9.41. The molecule has 0 bridgehead atoms. The Morgan fingerprint density at radius 2 is 2.06 bits per heavy atom. The van der Waals surface area contributed by atoms with Gasteiger partial charge < -0.3 is 15.8 Å². The van der Waals surface area contributed by atoms with Crippen LogP contribution in [0.3, 0.4) is 0 Å². The third-order valence-electron chi connectivity index (χ3n) is 2.23. The number of halogens is 3. The monoisotopic (exact) mass is 276 g/mol. The van der Waals surface area contributed by atoms with E-state index < -0.39 is 6.36 Å². The molecule has 18 heavy (non-hydrogen) atoms. The maximum absolute atomic E-state index is 12.2. The van der Waals surface area contributed by atoms with Crippen molar-refractivity contribution in [3.05, 3.63) is 34.7 Å². The van der Waals surface area contributed by atoms with Gasteiger partial charge in [-0.2, -0.15) is 0 Å². The Morgan fingerprint density at radius 1 is 1.33 bits per heavy atom. The third-order valence-corrected chi connectivity index (χ3v) is 3.01. The van der Waals surface area contributed by atoms with Crippen LogP contribution in [0.25, 0.3) is 5.70 Å². The van der Waals surface area contributed by atoms with Gasteiger partial charge in [-0.3, -0.25) is 0 Å². The van der Waals surface area contributed by atoms with Crippen molar-refractivity contribution < 1.29 is 17.9 Å². The summed E-state index contributed by atoms with van der Waals surface area (Å²) in [5.41, 5.74) is 7.36. The molecule has 0 radical (unpaired) electrons. The number of hydrogen-bond donors (Lipinski definition) is 2. The van der Waals surface area contributed by atoms with Gasteiger partial charge in [-0.25, -0.2) is 0 Å². The molecule has 1 heterocycles. The molecule has 1 aliphatic heterocycles. The standard InChI is InChI=1S/C11H11F3N2OS/c1-6-2-7(9-5-18-10(15)16-9)4-8(3-6)17-11(12,13)14/h2-5,10,16H,15H2,1H3. The van der Waals surface area contributed by atoms with Crippen LogP contribution in [0.1, 0.15) is 11.1 Å². The lowest BCUT2D eigenvalue weighted by Crippen LogP contribution is -2.28. The van der Waals surface area contributed by atoms with E-state index >= 15 is 0 Å². The lowest BCUT2D eigenvalue weighted by Gasteiger charge is -2.13. The summed E-state index contributed by atoms with van der Waals surface area (Å²) >= 11 is 1.37. The van der Waals surface area contributed by atoms with Crippen molar-refractivity contribution in [3.8, 4) is 5.75 Å². The summed E-state index contributed by atoms with van der Waals surface area (Å²) < 4.78 is 40.4. The van der Waals surface area contributed by atoms with Crippen LogP contribution in [0.15, 0.2) is 23.6 Å². The molecule has 0 aromatic heterocycles. The number of benzene rings is 1. The summed E-state index contributed by atoms with van der Waals surface area (Å²) in [6.07, 6.45) is -4.69. The molecular weight excluding hydrogens is 265 g/mol. The average molecular weight is 276 g/mol. The molecule has 1 aromatic carbocycles. The second-order valence-electron chi connectivity index (χ2n) is 3.82. The van der Waals surface area contributed by atoms with Gasteiger partial charge in [-0.15, -0.1) is 13.2 Å². The predicted octanol–water partition coefficient (Wildman–Crippen LogP) is 2.77. The zero-order valence-corrected chi connectivity index (χ0v) is 10.2. The second kappa shape index (κ2) is 4.74. The number of nitrogens with two attached hydrogens (primary N) is 1. The molecule has 0 fully saturated rings. The van der Waals surface area contributed by atoms with E-state index in [4.69, 9.17) is 5.73 Å². The van der Waals surface area contributed by atoms with Gasteiger partial charge in [0.25, 0.3) is 0 Å².